The van der Waals surface area contributed by atoms with Crippen LogP contribution in [0.5, 0.6) is 0 Å². The van der Waals surface area contributed by atoms with E-state index in [-0.39, 0.29) is 5.91 Å². The molecule has 1 aromatic heterocycles. The predicted octanol–water partition coefficient (Wildman–Crippen LogP) is 2.74. The summed E-state index contributed by atoms with van der Waals surface area (Å²) >= 11 is 0. The highest BCUT2D eigenvalue weighted by Crippen LogP contribution is 2.26. The Hall–Kier alpha value is -1.29. The zero-order valence-corrected chi connectivity index (χ0v) is 10.9. The monoisotopic (exact) mass is 251 g/mol. The Morgan fingerprint density at radius 2 is 2.22 bits per heavy atom. The van der Waals surface area contributed by atoms with Crippen molar-refractivity contribution in [3.8, 4) is 0 Å². The minimum atomic E-state index is -0.129. The molecule has 0 bridgehead atoms. The van der Waals surface area contributed by atoms with Crippen LogP contribution in [0.1, 0.15) is 48.4 Å². The van der Waals surface area contributed by atoms with Gasteiger partial charge in [-0.3, -0.25) is 4.79 Å². The fraction of sp³-hybridized carbons (Fsp3) is 0.643. The van der Waals surface area contributed by atoms with Gasteiger partial charge >= 0.3 is 0 Å². The fourth-order valence-corrected chi connectivity index (χ4v) is 2.50. The molecule has 2 rings (SSSR count). The quantitative estimate of drug-likeness (QED) is 0.845. The molecule has 1 saturated carbocycles. The molecule has 0 unspecified atom stereocenters. The molecule has 0 spiro atoms. The van der Waals surface area contributed by atoms with E-state index in [1.54, 1.807) is 19.2 Å². The first kappa shape index (κ1) is 13.1. The maximum atomic E-state index is 11.8. The summed E-state index contributed by atoms with van der Waals surface area (Å²) in [5, 5.41) is 2.91. The number of hydrogen-bond acceptors (Lipinski definition) is 3. The van der Waals surface area contributed by atoms with Crippen molar-refractivity contribution >= 4 is 5.91 Å². The summed E-state index contributed by atoms with van der Waals surface area (Å²) in [5.41, 5.74) is 0. The van der Waals surface area contributed by atoms with E-state index in [9.17, 15) is 4.79 Å². The van der Waals surface area contributed by atoms with Crippen molar-refractivity contribution in [2.24, 2.45) is 5.92 Å². The molecular weight excluding hydrogens is 230 g/mol. The third kappa shape index (κ3) is 3.60. The van der Waals surface area contributed by atoms with E-state index in [2.05, 4.69) is 5.32 Å². The van der Waals surface area contributed by atoms with Gasteiger partial charge in [-0.2, -0.15) is 0 Å². The van der Waals surface area contributed by atoms with Gasteiger partial charge in [-0.1, -0.05) is 25.7 Å². The fourth-order valence-electron chi connectivity index (χ4n) is 2.50. The van der Waals surface area contributed by atoms with Crippen LogP contribution in [0.25, 0.3) is 0 Å². The zero-order chi connectivity index (χ0) is 12.8. The maximum Gasteiger partial charge on any atom is 0.286 e. The van der Waals surface area contributed by atoms with Gasteiger partial charge in [-0.25, -0.2) is 0 Å². The Morgan fingerprint density at radius 3 is 2.94 bits per heavy atom. The van der Waals surface area contributed by atoms with Gasteiger partial charge in [0.15, 0.2) is 5.76 Å². The second-order valence-electron chi connectivity index (χ2n) is 4.89. The second kappa shape index (κ2) is 6.59. The van der Waals surface area contributed by atoms with E-state index in [0.717, 1.165) is 18.9 Å². The largest absolute Gasteiger partial charge is 0.453 e. The summed E-state index contributed by atoms with van der Waals surface area (Å²) in [4.78, 5) is 11.8. The van der Waals surface area contributed by atoms with Crippen LogP contribution in [-0.4, -0.2) is 19.6 Å². The van der Waals surface area contributed by atoms with E-state index in [0.29, 0.717) is 18.1 Å². The van der Waals surface area contributed by atoms with Gasteiger partial charge in [0.25, 0.3) is 5.91 Å². The van der Waals surface area contributed by atoms with Crippen molar-refractivity contribution in [1.82, 2.24) is 5.32 Å². The smallest absolute Gasteiger partial charge is 0.286 e. The van der Waals surface area contributed by atoms with Crippen molar-refractivity contribution in [2.45, 2.75) is 38.7 Å². The average Bonchev–Trinajstić information content (AvgIpc) is 3.00. The Morgan fingerprint density at radius 1 is 1.44 bits per heavy atom. The van der Waals surface area contributed by atoms with Crippen LogP contribution >= 0.6 is 0 Å². The van der Waals surface area contributed by atoms with Gasteiger partial charge in [-0.15, -0.1) is 0 Å². The molecule has 100 valence electrons. The van der Waals surface area contributed by atoms with Crippen molar-refractivity contribution in [3.63, 3.8) is 0 Å². The van der Waals surface area contributed by atoms with Crippen LogP contribution < -0.4 is 5.32 Å². The zero-order valence-electron chi connectivity index (χ0n) is 10.9. The van der Waals surface area contributed by atoms with E-state index >= 15 is 0 Å². The third-order valence-electron chi connectivity index (χ3n) is 3.48. The molecule has 0 aromatic carbocycles. The van der Waals surface area contributed by atoms with E-state index in [1.165, 1.54) is 25.7 Å². The molecule has 18 heavy (non-hydrogen) atoms. The van der Waals surface area contributed by atoms with E-state index in [1.807, 2.05) is 0 Å². The molecule has 0 saturated heterocycles. The number of carbonyl (C=O) groups excluding carboxylic acids is 1. The van der Waals surface area contributed by atoms with Crippen LogP contribution in [0.4, 0.5) is 0 Å². The summed E-state index contributed by atoms with van der Waals surface area (Å²) in [5.74, 6) is 1.72. The Bertz CT molecular complexity index is 380. The van der Waals surface area contributed by atoms with Gasteiger partial charge in [0.05, 0.1) is 0 Å². The number of rotatable bonds is 6. The lowest BCUT2D eigenvalue weighted by Crippen LogP contribution is -2.25. The van der Waals surface area contributed by atoms with Crippen molar-refractivity contribution in [3.05, 3.63) is 23.7 Å². The summed E-state index contributed by atoms with van der Waals surface area (Å²) in [7, 11) is 1.60. The Kier molecular flexibility index (Phi) is 4.81. The van der Waals surface area contributed by atoms with Gasteiger partial charge in [-0.05, 0) is 24.5 Å². The third-order valence-corrected chi connectivity index (χ3v) is 3.48. The number of amides is 1. The van der Waals surface area contributed by atoms with Gasteiger partial charge in [0, 0.05) is 13.7 Å². The minimum absolute atomic E-state index is 0.129. The number of furan rings is 1. The van der Waals surface area contributed by atoms with E-state index in [4.69, 9.17) is 9.15 Å². The summed E-state index contributed by atoms with van der Waals surface area (Å²) in [6.07, 6.45) is 6.40. The second-order valence-corrected chi connectivity index (χ2v) is 4.89. The molecule has 0 radical (unpaired) electrons. The van der Waals surface area contributed by atoms with Crippen molar-refractivity contribution in [1.29, 1.82) is 0 Å². The average molecular weight is 251 g/mol. The van der Waals surface area contributed by atoms with Crippen molar-refractivity contribution in [2.75, 3.05) is 13.7 Å². The number of hydrogen-bond donors (Lipinski definition) is 1. The topological polar surface area (TPSA) is 51.5 Å². The molecule has 1 amide bonds. The lowest BCUT2D eigenvalue weighted by atomic mass is 10.0. The number of ether oxygens (including phenoxy) is 1. The van der Waals surface area contributed by atoms with Gasteiger partial charge < -0.3 is 14.5 Å². The molecule has 0 aliphatic heterocycles. The SMILES string of the molecule is COCc1ccc(C(=O)NCCC2CCCC2)o1. The summed E-state index contributed by atoms with van der Waals surface area (Å²) < 4.78 is 10.3. The maximum absolute atomic E-state index is 11.8. The summed E-state index contributed by atoms with van der Waals surface area (Å²) in [6.45, 7) is 1.14. The lowest BCUT2D eigenvalue weighted by molar-refractivity contribution is 0.0915. The normalized spacial score (nSPS) is 16.1. The number of nitrogens with one attached hydrogen (secondary N) is 1. The molecule has 1 aliphatic rings. The molecule has 1 aliphatic carbocycles. The highest BCUT2D eigenvalue weighted by Gasteiger charge is 2.16. The molecule has 1 N–H and O–H groups in total. The molecule has 1 heterocycles. The first-order valence-electron chi connectivity index (χ1n) is 6.65. The van der Waals surface area contributed by atoms with Crippen LogP contribution in [0.3, 0.4) is 0 Å². The van der Waals surface area contributed by atoms with Crippen LogP contribution in [0.2, 0.25) is 0 Å². The first-order chi connectivity index (χ1) is 8.79. The van der Waals surface area contributed by atoms with Gasteiger partial charge in [0.1, 0.15) is 12.4 Å². The highest BCUT2D eigenvalue weighted by molar-refractivity contribution is 5.91. The lowest BCUT2D eigenvalue weighted by Gasteiger charge is -2.08. The van der Waals surface area contributed by atoms with Gasteiger partial charge in [0.2, 0.25) is 0 Å². The molecule has 4 heteroatoms. The van der Waals surface area contributed by atoms with Crippen LogP contribution in [0.15, 0.2) is 16.5 Å². The first-order valence-corrected chi connectivity index (χ1v) is 6.65. The van der Waals surface area contributed by atoms with Crippen LogP contribution in [-0.2, 0) is 11.3 Å². The summed E-state index contributed by atoms with van der Waals surface area (Å²) in [6, 6.07) is 3.47. The molecule has 0 atom stereocenters. The number of carbonyl (C=O) groups is 1. The minimum Gasteiger partial charge on any atom is -0.453 e. The van der Waals surface area contributed by atoms with Crippen molar-refractivity contribution < 1.29 is 13.9 Å². The molecular formula is C14H21NO3. The molecule has 1 fully saturated rings. The molecule has 4 nitrogen and oxygen atoms in total. The van der Waals surface area contributed by atoms with Crippen LogP contribution in [0, 0.1) is 5.92 Å². The van der Waals surface area contributed by atoms with E-state index < -0.39 is 0 Å². The Labute approximate surface area is 108 Å². The molecule has 1 aromatic rings. The highest BCUT2D eigenvalue weighted by atomic mass is 16.5. The number of methoxy groups -OCH3 is 1. The Balaban J connectivity index is 1.72. The predicted molar refractivity (Wildman–Crippen MR) is 68.3 cm³/mol. The standard InChI is InChI=1S/C14H21NO3/c1-17-10-12-6-7-13(18-12)14(16)15-9-8-11-4-2-3-5-11/h6-7,11H,2-5,8-10H2,1H3,(H,15,16).